The van der Waals surface area contributed by atoms with Crippen LogP contribution in [0.2, 0.25) is 0 Å². The van der Waals surface area contributed by atoms with Gasteiger partial charge in [0, 0.05) is 10.4 Å². The van der Waals surface area contributed by atoms with Crippen molar-refractivity contribution in [2.45, 2.75) is 5.92 Å². The van der Waals surface area contributed by atoms with E-state index in [2.05, 4.69) is 88.7 Å². The van der Waals surface area contributed by atoms with Crippen LogP contribution in [0.25, 0.3) is 11.1 Å². The summed E-state index contributed by atoms with van der Waals surface area (Å²) in [5, 5.41) is 0. The first-order chi connectivity index (χ1) is 9.84. The van der Waals surface area contributed by atoms with Gasteiger partial charge in [-0.25, -0.2) is 0 Å². The van der Waals surface area contributed by atoms with Gasteiger partial charge in [-0.05, 0) is 39.9 Å². The van der Waals surface area contributed by atoms with Gasteiger partial charge in [-0.1, -0.05) is 76.6 Å². The second-order valence-corrected chi connectivity index (χ2v) is 6.07. The van der Waals surface area contributed by atoms with E-state index in [4.69, 9.17) is 0 Å². The fraction of sp³-hybridized carbons (Fsp3) is 0.0526. The fourth-order valence-corrected chi connectivity index (χ4v) is 3.43. The third kappa shape index (κ3) is 1.74. The minimum absolute atomic E-state index is 0.357. The van der Waals surface area contributed by atoms with E-state index in [1.165, 1.54) is 27.8 Å². The van der Waals surface area contributed by atoms with E-state index in [9.17, 15) is 0 Å². The molecule has 0 aromatic heterocycles. The van der Waals surface area contributed by atoms with E-state index in [1.54, 1.807) is 0 Å². The van der Waals surface area contributed by atoms with E-state index in [0.29, 0.717) is 5.92 Å². The first-order valence-electron chi connectivity index (χ1n) is 6.78. The number of hydrogen-bond donors (Lipinski definition) is 0. The molecule has 20 heavy (non-hydrogen) atoms. The van der Waals surface area contributed by atoms with Gasteiger partial charge in [-0.2, -0.15) is 0 Å². The van der Waals surface area contributed by atoms with Crippen LogP contribution in [0, 0.1) is 0 Å². The lowest BCUT2D eigenvalue weighted by Gasteiger charge is -2.14. The minimum atomic E-state index is 0.357. The smallest absolute Gasteiger partial charge is 0.0352 e. The number of fused-ring (bicyclic) bond motifs is 3. The SMILES string of the molecule is Brc1ccc(C2c3ccccc3-c3ccccc32)cc1. The summed E-state index contributed by atoms with van der Waals surface area (Å²) in [6.07, 6.45) is 0. The lowest BCUT2D eigenvalue weighted by molar-refractivity contribution is 1.01. The Labute approximate surface area is 127 Å². The average molecular weight is 321 g/mol. The Kier molecular flexibility index (Phi) is 2.75. The van der Waals surface area contributed by atoms with Gasteiger partial charge in [-0.3, -0.25) is 0 Å². The van der Waals surface area contributed by atoms with Crippen LogP contribution in [0.5, 0.6) is 0 Å². The lowest BCUT2D eigenvalue weighted by atomic mass is 9.89. The summed E-state index contributed by atoms with van der Waals surface area (Å²) in [5.41, 5.74) is 6.92. The predicted octanol–water partition coefficient (Wildman–Crippen LogP) is 5.61. The highest BCUT2D eigenvalue weighted by Crippen LogP contribution is 2.47. The van der Waals surface area contributed by atoms with Gasteiger partial charge in [0.25, 0.3) is 0 Å². The molecule has 0 fully saturated rings. The molecular weight excluding hydrogens is 308 g/mol. The molecule has 0 unspecified atom stereocenters. The number of hydrogen-bond acceptors (Lipinski definition) is 0. The highest BCUT2D eigenvalue weighted by molar-refractivity contribution is 9.10. The highest BCUT2D eigenvalue weighted by Gasteiger charge is 2.28. The molecule has 0 nitrogen and oxygen atoms in total. The lowest BCUT2D eigenvalue weighted by Crippen LogP contribution is -1.98. The molecular formula is C19H13Br. The van der Waals surface area contributed by atoms with Gasteiger partial charge in [0.05, 0.1) is 0 Å². The molecule has 1 aliphatic carbocycles. The van der Waals surface area contributed by atoms with E-state index in [1.807, 2.05) is 0 Å². The summed E-state index contributed by atoms with van der Waals surface area (Å²) in [5.74, 6) is 0.357. The Bertz CT molecular complexity index is 726. The van der Waals surface area contributed by atoms with Gasteiger partial charge in [0.1, 0.15) is 0 Å². The molecule has 0 spiro atoms. The van der Waals surface area contributed by atoms with Gasteiger partial charge >= 0.3 is 0 Å². The van der Waals surface area contributed by atoms with Crippen LogP contribution in [-0.4, -0.2) is 0 Å². The van der Waals surface area contributed by atoms with Gasteiger partial charge < -0.3 is 0 Å². The highest BCUT2D eigenvalue weighted by atomic mass is 79.9. The van der Waals surface area contributed by atoms with E-state index >= 15 is 0 Å². The summed E-state index contributed by atoms with van der Waals surface area (Å²) in [4.78, 5) is 0. The molecule has 0 bridgehead atoms. The van der Waals surface area contributed by atoms with E-state index < -0.39 is 0 Å². The van der Waals surface area contributed by atoms with Gasteiger partial charge in [0.2, 0.25) is 0 Å². The monoisotopic (exact) mass is 320 g/mol. The van der Waals surface area contributed by atoms with Crippen molar-refractivity contribution in [3.63, 3.8) is 0 Å². The Morgan fingerprint density at radius 3 is 1.65 bits per heavy atom. The molecule has 3 aromatic rings. The Balaban J connectivity index is 1.97. The molecule has 0 heterocycles. The van der Waals surface area contributed by atoms with Crippen molar-refractivity contribution in [1.29, 1.82) is 0 Å². The van der Waals surface area contributed by atoms with Gasteiger partial charge in [0.15, 0.2) is 0 Å². The zero-order chi connectivity index (χ0) is 13.5. The van der Waals surface area contributed by atoms with Crippen LogP contribution in [0.1, 0.15) is 22.6 Å². The van der Waals surface area contributed by atoms with Crippen molar-refractivity contribution in [1.82, 2.24) is 0 Å². The summed E-state index contributed by atoms with van der Waals surface area (Å²) in [7, 11) is 0. The van der Waals surface area contributed by atoms with Crippen LogP contribution in [0.4, 0.5) is 0 Å². The maximum absolute atomic E-state index is 3.52. The third-order valence-corrected chi connectivity index (χ3v) is 4.57. The standard InChI is InChI=1S/C19H13Br/c20-14-11-9-13(10-12-14)19-17-7-3-1-5-15(17)16-6-2-4-8-18(16)19/h1-12,19H. The van der Waals surface area contributed by atoms with Crippen molar-refractivity contribution in [2.75, 3.05) is 0 Å². The third-order valence-electron chi connectivity index (χ3n) is 4.04. The topological polar surface area (TPSA) is 0 Å². The maximum atomic E-state index is 3.52. The van der Waals surface area contributed by atoms with Gasteiger partial charge in [-0.15, -0.1) is 0 Å². The number of benzene rings is 3. The Hall–Kier alpha value is -1.86. The molecule has 3 aromatic carbocycles. The quantitative estimate of drug-likeness (QED) is 0.427. The van der Waals surface area contributed by atoms with Crippen molar-refractivity contribution in [2.24, 2.45) is 0 Å². The Morgan fingerprint density at radius 1 is 0.600 bits per heavy atom. The van der Waals surface area contributed by atoms with Crippen molar-refractivity contribution in [3.05, 3.63) is 94.0 Å². The summed E-state index contributed by atoms with van der Waals surface area (Å²) < 4.78 is 1.13. The van der Waals surface area contributed by atoms with Crippen LogP contribution in [-0.2, 0) is 0 Å². The molecule has 0 saturated carbocycles. The first kappa shape index (κ1) is 11.9. The second-order valence-electron chi connectivity index (χ2n) is 5.16. The first-order valence-corrected chi connectivity index (χ1v) is 7.57. The largest absolute Gasteiger partial charge is 0.0619 e. The predicted molar refractivity (Wildman–Crippen MR) is 87.0 cm³/mol. The summed E-state index contributed by atoms with van der Waals surface area (Å²) >= 11 is 3.52. The normalized spacial score (nSPS) is 13.1. The maximum Gasteiger partial charge on any atom is 0.0352 e. The zero-order valence-corrected chi connectivity index (χ0v) is 12.5. The molecule has 0 amide bonds. The van der Waals surface area contributed by atoms with Crippen LogP contribution in [0.3, 0.4) is 0 Å². The van der Waals surface area contributed by atoms with E-state index in [-0.39, 0.29) is 0 Å². The van der Waals surface area contributed by atoms with E-state index in [0.717, 1.165) is 4.47 Å². The fourth-order valence-electron chi connectivity index (χ4n) is 3.17. The summed E-state index contributed by atoms with van der Waals surface area (Å²) in [6, 6.07) is 26.2. The number of halogens is 1. The Morgan fingerprint density at radius 2 is 1.10 bits per heavy atom. The second kappa shape index (κ2) is 4.60. The zero-order valence-electron chi connectivity index (χ0n) is 10.9. The van der Waals surface area contributed by atoms with Crippen molar-refractivity contribution < 1.29 is 0 Å². The summed E-state index contributed by atoms with van der Waals surface area (Å²) in [6.45, 7) is 0. The molecule has 0 aliphatic heterocycles. The molecule has 0 atom stereocenters. The van der Waals surface area contributed by atoms with Crippen LogP contribution in [0.15, 0.2) is 77.3 Å². The molecule has 1 aliphatic rings. The molecule has 0 radical (unpaired) electrons. The number of rotatable bonds is 1. The van der Waals surface area contributed by atoms with Crippen molar-refractivity contribution >= 4 is 15.9 Å². The van der Waals surface area contributed by atoms with Crippen LogP contribution < -0.4 is 0 Å². The molecule has 4 rings (SSSR count). The molecule has 96 valence electrons. The average Bonchev–Trinajstić information content (AvgIpc) is 2.83. The minimum Gasteiger partial charge on any atom is -0.0619 e. The molecule has 0 saturated heterocycles. The molecule has 0 N–H and O–H groups in total. The van der Waals surface area contributed by atoms with Crippen molar-refractivity contribution in [3.8, 4) is 11.1 Å². The van der Waals surface area contributed by atoms with Crippen LogP contribution >= 0.6 is 15.9 Å². The molecule has 1 heteroatoms.